The number of ether oxygens (including phenoxy) is 1. The van der Waals surface area contributed by atoms with Gasteiger partial charge in [0.2, 0.25) is 0 Å². The van der Waals surface area contributed by atoms with E-state index in [-0.39, 0.29) is 6.10 Å². The number of aromatic nitrogens is 2. The summed E-state index contributed by atoms with van der Waals surface area (Å²) in [6.45, 7) is 6.92. The molecule has 1 aromatic carbocycles. The van der Waals surface area contributed by atoms with Crippen molar-refractivity contribution >= 4 is 0 Å². The highest BCUT2D eigenvalue weighted by atomic mass is 16.5. The second-order valence-electron chi connectivity index (χ2n) is 5.09. The predicted octanol–water partition coefficient (Wildman–Crippen LogP) is 2.97. The van der Waals surface area contributed by atoms with E-state index in [4.69, 9.17) is 4.74 Å². The Kier molecular flexibility index (Phi) is 4.79. The van der Waals surface area contributed by atoms with Gasteiger partial charge in [-0.3, -0.25) is 0 Å². The van der Waals surface area contributed by atoms with Crippen molar-refractivity contribution in [3.05, 3.63) is 48.0 Å². The summed E-state index contributed by atoms with van der Waals surface area (Å²) in [6.07, 6.45) is 3.83. The normalized spacial score (nSPS) is 12.7. The third kappa shape index (κ3) is 3.61. The minimum absolute atomic E-state index is 0.155. The molecule has 1 N–H and O–H groups in total. The van der Waals surface area contributed by atoms with Gasteiger partial charge in [0.05, 0.1) is 12.2 Å². The monoisotopic (exact) mass is 274 g/mol. The second kappa shape index (κ2) is 6.57. The molecule has 0 fully saturated rings. The minimum Gasteiger partial charge on any atom is -0.491 e. The van der Waals surface area contributed by atoms with Crippen molar-refractivity contribution < 1.29 is 9.84 Å². The fraction of sp³-hybridized carbons (Fsp3) is 0.438. The molecule has 0 amide bonds. The van der Waals surface area contributed by atoms with Crippen molar-refractivity contribution in [3.8, 4) is 5.75 Å². The largest absolute Gasteiger partial charge is 0.491 e. The molecule has 0 saturated heterocycles. The number of hydrogen-bond acceptors (Lipinski definition) is 3. The van der Waals surface area contributed by atoms with Crippen LogP contribution in [-0.2, 0) is 13.0 Å². The van der Waals surface area contributed by atoms with Crippen LogP contribution in [0.4, 0.5) is 0 Å². The van der Waals surface area contributed by atoms with E-state index in [0.717, 1.165) is 23.7 Å². The average Bonchev–Trinajstić information content (AvgIpc) is 2.86. The molecule has 0 radical (unpaired) electrons. The lowest BCUT2D eigenvalue weighted by molar-refractivity contribution is 0.174. The highest BCUT2D eigenvalue weighted by Crippen LogP contribution is 2.21. The van der Waals surface area contributed by atoms with Crippen LogP contribution in [0.2, 0.25) is 0 Å². The van der Waals surface area contributed by atoms with Crippen LogP contribution in [0.5, 0.6) is 5.75 Å². The van der Waals surface area contributed by atoms with Gasteiger partial charge in [-0.05, 0) is 38.5 Å². The maximum Gasteiger partial charge on any atom is 0.119 e. The van der Waals surface area contributed by atoms with E-state index in [1.807, 2.05) is 48.9 Å². The van der Waals surface area contributed by atoms with Crippen LogP contribution in [0, 0.1) is 0 Å². The zero-order valence-corrected chi connectivity index (χ0v) is 12.3. The van der Waals surface area contributed by atoms with Crippen LogP contribution >= 0.6 is 0 Å². The van der Waals surface area contributed by atoms with Gasteiger partial charge in [-0.2, -0.15) is 0 Å². The van der Waals surface area contributed by atoms with Gasteiger partial charge >= 0.3 is 0 Å². The van der Waals surface area contributed by atoms with E-state index in [0.29, 0.717) is 6.42 Å². The molecule has 0 aliphatic heterocycles. The van der Waals surface area contributed by atoms with E-state index in [9.17, 15) is 5.11 Å². The lowest BCUT2D eigenvalue weighted by Gasteiger charge is -2.14. The molecule has 2 aromatic rings. The third-order valence-corrected chi connectivity index (χ3v) is 3.15. The molecule has 0 aliphatic rings. The molecule has 20 heavy (non-hydrogen) atoms. The fourth-order valence-corrected chi connectivity index (χ4v) is 2.15. The third-order valence-electron chi connectivity index (χ3n) is 3.15. The zero-order valence-electron chi connectivity index (χ0n) is 12.3. The summed E-state index contributed by atoms with van der Waals surface area (Å²) in [6, 6.07) is 7.60. The Morgan fingerprint density at radius 2 is 1.95 bits per heavy atom. The second-order valence-corrected chi connectivity index (χ2v) is 5.09. The SMILES string of the molecule is CCn1ccnc1CC(O)c1ccc(OC(C)C)cc1. The van der Waals surface area contributed by atoms with E-state index in [1.165, 1.54) is 0 Å². The maximum absolute atomic E-state index is 10.3. The Balaban J connectivity index is 2.04. The molecule has 0 bridgehead atoms. The smallest absolute Gasteiger partial charge is 0.119 e. The lowest BCUT2D eigenvalue weighted by atomic mass is 10.1. The molecule has 0 aliphatic carbocycles. The number of aliphatic hydroxyl groups is 1. The molecular weight excluding hydrogens is 252 g/mol. The van der Waals surface area contributed by atoms with Crippen LogP contribution in [-0.4, -0.2) is 20.8 Å². The minimum atomic E-state index is -0.546. The van der Waals surface area contributed by atoms with Crippen LogP contribution < -0.4 is 4.74 Å². The van der Waals surface area contributed by atoms with Gasteiger partial charge in [0, 0.05) is 25.4 Å². The van der Waals surface area contributed by atoms with E-state index in [2.05, 4.69) is 11.9 Å². The molecule has 1 unspecified atom stereocenters. The molecule has 108 valence electrons. The summed E-state index contributed by atoms with van der Waals surface area (Å²) >= 11 is 0. The van der Waals surface area contributed by atoms with E-state index < -0.39 is 6.10 Å². The first-order valence-electron chi connectivity index (χ1n) is 7.04. The summed E-state index contributed by atoms with van der Waals surface area (Å²) in [7, 11) is 0. The summed E-state index contributed by atoms with van der Waals surface area (Å²) < 4.78 is 7.63. The van der Waals surface area contributed by atoms with Crippen LogP contribution in [0.15, 0.2) is 36.7 Å². The molecular formula is C16H22N2O2. The summed E-state index contributed by atoms with van der Waals surface area (Å²) in [5, 5.41) is 10.3. The summed E-state index contributed by atoms with van der Waals surface area (Å²) in [5.41, 5.74) is 0.881. The van der Waals surface area contributed by atoms with Gasteiger partial charge in [-0.15, -0.1) is 0 Å². The highest BCUT2D eigenvalue weighted by molar-refractivity contribution is 5.29. The summed E-state index contributed by atoms with van der Waals surface area (Å²) in [5.74, 6) is 1.73. The van der Waals surface area contributed by atoms with Crippen molar-refractivity contribution in [2.24, 2.45) is 0 Å². The first-order chi connectivity index (χ1) is 9.60. The van der Waals surface area contributed by atoms with Gasteiger partial charge < -0.3 is 14.4 Å². The fourth-order valence-electron chi connectivity index (χ4n) is 2.15. The van der Waals surface area contributed by atoms with Crippen molar-refractivity contribution in [1.82, 2.24) is 9.55 Å². The maximum atomic E-state index is 10.3. The summed E-state index contributed by atoms with van der Waals surface area (Å²) in [4.78, 5) is 4.29. The standard InChI is InChI=1S/C16H22N2O2/c1-4-18-10-9-17-16(18)11-15(19)13-5-7-14(8-6-13)20-12(2)3/h5-10,12,15,19H,4,11H2,1-3H3. The molecule has 1 atom stereocenters. The van der Waals surface area contributed by atoms with Gasteiger partial charge in [0.25, 0.3) is 0 Å². The highest BCUT2D eigenvalue weighted by Gasteiger charge is 2.12. The molecule has 1 aromatic heterocycles. The number of benzene rings is 1. The van der Waals surface area contributed by atoms with Crippen LogP contribution in [0.1, 0.15) is 38.3 Å². The average molecular weight is 274 g/mol. The Bertz CT molecular complexity index is 532. The van der Waals surface area contributed by atoms with Crippen molar-refractivity contribution in [1.29, 1.82) is 0 Å². The number of hydrogen-bond donors (Lipinski definition) is 1. The molecule has 4 nitrogen and oxygen atoms in total. The van der Waals surface area contributed by atoms with Gasteiger partial charge in [0.1, 0.15) is 11.6 Å². The Hall–Kier alpha value is -1.81. The zero-order chi connectivity index (χ0) is 14.5. The molecule has 4 heteroatoms. The van der Waals surface area contributed by atoms with Crippen molar-refractivity contribution in [2.45, 2.75) is 45.9 Å². The molecule has 2 rings (SSSR count). The first-order valence-corrected chi connectivity index (χ1v) is 7.04. The number of nitrogens with zero attached hydrogens (tertiary/aromatic N) is 2. The predicted molar refractivity (Wildman–Crippen MR) is 78.8 cm³/mol. The van der Waals surface area contributed by atoms with Crippen molar-refractivity contribution in [2.75, 3.05) is 0 Å². The Morgan fingerprint density at radius 3 is 2.55 bits per heavy atom. The van der Waals surface area contributed by atoms with E-state index in [1.54, 1.807) is 6.20 Å². The molecule has 1 heterocycles. The number of aryl methyl sites for hydroxylation is 1. The van der Waals surface area contributed by atoms with E-state index >= 15 is 0 Å². The number of imidazole rings is 1. The Morgan fingerprint density at radius 1 is 1.25 bits per heavy atom. The molecule has 0 spiro atoms. The topological polar surface area (TPSA) is 47.3 Å². The number of rotatable bonds is 6. The lowest BCUT2D eigenvalue weighted by Crippen LogP contribution is -2.09. The Labute approximate surface area is 120 Å². The van der Waals surface area contributed by atoms with Gasteiger partial charge in [0.15, 0.2) is 0 Å². The first kappa shape index (κ1) is 14.6. The quantitative estimate of drug-likeness (QED) is 0.881. The number of aliphatic hydroxyl groups excluding tert-OH is 1. The van der Waals surface area contributed by atoms with Gasteiger partial charge in [-0.1, -0.05) is 12.1 Å². The van der Waals surface area contributed by atoms with Crippen molar-refractivity contribution in [3.63, 3.8) is 0 Å². The molecule has 0 saturated carbocycles. The van der Waals surface area contributed by atoms with Gasteiger partial charge in [-0.25, -0.2) is 4.98 Å². The van der Waals surface area contributed by atoms with Crippen LogP contribution in [0.25, 0.3) is 0 Å². The van der Waals surface area contributed by atoms with Crippen LogP contribution in [0.3, 0.4) is 0 Å².